The largest absolute Gasteiger partial charge is 0.454 e. The summed E-state index contributed by atoms with van der Waals surface area (Å²) in [6.45, 7) is 2.12. The molecule has 0 spiro atoms. The number of fused-ring (bicyclic) bond motifs is 8. The molecular weight excluding hydrogens is 500 g/mol. The maximum absolute atomic E-state index is 10.4. The van der Waals surface area contributed by atoms with Crippen LogP contribution in [0.4, 0.5) is 0 Å². The van der Waals surface area contributed by atoms with Crippen molar-refractivity contribution in [1.29, 1.82) is 5.26 Å². The van der Waals surface area contributed by atoms with Crippen molar-refractivity contribution in [2.24, 2.45) is 7.05 Å². The lowest BCUT2D eigenvalue weighted by Crippen LogP contribution is -2.30. The summed E-state index contributed by atoms with van der Waals surface area (Å²) in [5, 5.41) is 19.5. The summed E-state index contributed by atoms with van der Waals surface area (Å²) in [5.74, 6) is 0. The third-order valence-electron chi connectivity index (χ3n) is 8.47. The Kier molecular flexibility index (Phi) is 5.01. The number of rotatable bonds is 2. The van der Waals surface area contributed by atoms with E-state index in [1.807, 2.05) is 18.2 Å². The highest BCUT2D eigenvalue weighted by molar-refractivity contribution is 6.26. The highest BCUT2D eigenvalue weighted by Gasteiger charge is 2.24. The zero-order chi connectivity index (χ0) is 27.7. The van der Waals surface area contributed by atoms with Crippen molar-refractivity contribution in [3.05, 3.63) is 127 Å². The summed E-state index contributed by atoms with van der Waals surface area (Å²) in [6.07, 6.45) is 2.06. The molecule has 0 atom stereocenters. The molecule has 0 saturated carbocycles. The van der Waals surface area contributed by atoms with Gasteiger partial charge in [0.05, 0.1) is 17.2 Å². The Morgan fingerprint density at radius 3 is 2.07 bits per heavy atom. The van der Waals surface area contributed by atoms with Gasteiger partial charge in [0.1, 0.15) is 18.2 Å². The fourth-order valence-corrected chi connectivity index (χ4v) is 6.54. The minimum atomic E-state index is 0.602. The molecular formula is C38H25N2O+. The molecule has 2 aromatic heterocycles. The molecule has 8 rings (SSSR count). The van der Waals surface area contributed by atoms with Gasteiger partial charge in [0, 0.05) is 28.5 Å². The minimum Gasteiger partial charge on any atom is -0.454 e. The lowest BCUT2D eigenvalue weighted by Gasteiger charge is -2.14. The summed E-state index contributed by atoms with van der Waals surface area (Å²) in [7, 11) is 2.06. The van der Waals surface area contributed by atoms with Crippen LogP contribution in [0.2, 0.25) is 0 Å². The average Bonchev–Trinajstić information content (AvgIpc) is 3.39. The molecule has 0 saturated heterocycles. The van der Waals surface area contributed by atoms with Crippen molar-refractivity contribution < 1.29 is 8.98 Å². The van der Waals surface area contributed by atoms with E-state index in [1.54, 1.807) is 0 Å². The fraction of sp³-hybridized carbons (Fsp3) is 0.0526. The van der Waals surface area contributed by atoms with Crippen molar-refractivity contribution >= 4 is 54.3 Å². The van der Waals surface area contributed by atoms with Crippen molar-refractivity contribution in [2.75, 3.05) is 0 Å². The van der Waals surface area contributed by atoms with Crippen LogP contribution in [0.1, 0.15) is 11.1 Å². The van der Waals surface area contributed by atoms with Crippen LogP contribution in [0.5, 0.6) is 0 Å². The molecule has 0 bridgehead atoms. The first kappa shape index (κ1) is 23.4. The molecule has 2 heterocycles. The second-order valence-corrected chi connectivity index (χ2v) is 10.8. The summed E-state index contributed by atoms with van der Waals surface area (Å²) in [5.41, 5.74) is 7.33. The number of aryl methyl sites for hydroxylation is 2. The van der Waals surface area contributed by atoms with Gasteiger partial charge >= 0.3 is 0 Å². The van der Waals surface area contributed by atoms with E-state index >= 15 is 0 Å². The van der Waals surface area contributed by atoms with Crippen molar-refractivity contribution in [3.63, 3.8) is 0 Å². The Morgan fingerprint density at radius 2 is 1.29 bits per heavy atom. The Labute approximate surface area is 237 Å². The van der Waals surface area contributed by atoms with Gasteiger partial charge in [0.2, 0.25) is 5.69 Å². The van der Waals surface area contributed by atoms with Gasteiger partial charge < -0.3 is 4.42 Å². The van der Waals surface area contributed by atoms with Gasteiger partial charge in [0.25, 0.3) is 0 Å². The predicted molar refractivity (Wildman–Crippen MR) is 168 cm³/mol. The number of hydrogen-bond acceptors (Lipinski definition) is 2. The fourth-order valence-electron chi connectivity index (χ4n) is 6.54. The van der Waals surface area contributed by atoms with Crippen molar-refractivity contribution in [1.82, 2.24) is 0 Å². The molecule has 41 heavy (non-hydrogen) atoms. The molecule has 0 unspecified atom stereocenters. The molecule has 3 nitrogen and oxygen atoms in total. The molecule has 0 fully saturated rings. The van der Waals surface area contributed by atoms with Crippen LogP contribution in [0, 0.1) is 18.3 Å². The van der Waals surface area contributed by atoms with Gasteiger partial charge in [-0.2, -0.15) is 5.26 Å². The topological polar surface area (TPSA) is 40.8 Å². The molecule has 8 aromatic rings. The third-order valence-corrected chi connectivity index (χ3v) is 8.47. The van der Waals surface area contributed by atoms with Crippen molar-refractivity contribution in [3.8, 4) is 28.5 Å². The molecule has 0 aliphatic rings. The Bertz CT molecular complexity index is 2390. The molecule has 0 amide bonds. The standard InChI is InChI=1S/C38H25N2O/c1-23-14-17-30-31-19-16-26(22-39)35(38(31)41-37(30)34(23)33-13-7-8-20-40(33)2)32-21-25-10-4-6-12-28(25)36-27-11-5-3-9-24(27)15-18-29(32)36/h3-21H,1-2H3/q+1. The first-order valence-electron chi connectivity index (χ1n) is 13.8. The van der Waals surface area contributed by atoms with E-state index in [0.29, 0.717) is 5.56 Å². The van der Waals surface area contributed by atoms with Crippen molar-refractivity contribution in [2.45, 2.75) is 6.92 Å². The van der Waals surface area contributed by atoms with E-state index in [1.165, 1.54) is 21.5 Å². The second kappa shape index (κ2) is 8.78. The lowest BCUT2D eigenvalue weighted by atomic mass is 9.88. The SMILES string of the molecule is Cc1ccc2c(oc3c(-c4cc5ccccc5c5c4ccc4ccccc45)c(C#N)ccc32)c1-c1cccc[n+]1C. The number of nitriles is 1. The molecule has 3 heteroatoms. The summed E-state index contributed by atoms with van der Waals surface area (Å²) in [6, 6.07) is 40.6. The Balaban J connectivity index is 1.56. The molecule has 192 valence electrons. The molecule has 0 aliphatic carbocycles. The number of benzene rings is 6. The summed E-state index contributed by atoms with van der Waals surface area (Å²) in [4.78, 5) is 0. The summed E-state index contributed by atoms with van der Waals surface area (Å²) < 4.78 is 9.01. The Morgan fingerprint density at radius 1 is 0.634 bits per heavy atom. The predicted octanol–water partition coefficient (Wildman–Crippen LogP) is 9.38. The molecule has 0 radical (unpaired) electrons. The maximum atomic E-state index is 10.4. The van der Waals surface area contributed by atoms with Crippen LogP contribution in [-0.2, 0) is 7.05 Å². The van der Waals surface area contributed by atoms with Crippen LogP contribution in [-0.4, -0.2) is 0 Å². The minimum absolute atomic E-state index is 0.602. The monoisotopic (exact) mass is 525 g/mol. The second-order valence-electron chi connectivity index (χ2n) is 10.8. The number of aromatic nitrogens is 1. The van der Waals surface area contributed by atoms with E-state index in [2.05, 4.69) is 122 Å². The van der Waals surface area contributed by atoms with Gasteiger partial charge in [-0.15, -0.1) is 0 Å². The first-order valence-corrected chi connectivity index (χ1v) is 13.8. The number of nitrogens with zero attached hydrogens (tertiary/aromatic N) is 2. The normalized spacial score (nSPS) is 11.6. The van der Waals surface area contributed by atoms with E-state index in [9.17, 15) is 5.26 Å². The summed E-state index contributed by atoms with van der Waals surface area (Å²) >= 11 is 0. The quantitative estimate of drug-likeness (QED) is 0.167. The van der Waals surface area contributed by atoms with E-state index < -0.39 is 0 Å². The Hall–Kier alpha value is -5.46. The molecule has 0 N–H and O–H groups in total. The van der Waals surface area contributed by atoms with Gasteiger partial charge in [-0.3, -0.25) is 0 Å². The van der Waals surface area contributed by atoms with Gasteiger partial charge in [-0.05, 0) is 74.6 Å². The lowest BCUT2D eigenvalue weighted by molar-refractivity contribution is -0.660. The average molecular weight is 526 g/mol. The smallest absolute Gasteiger partial charge is 0.216 e. The highest BCUT2D eigenvalue weighted by atomic mass is 16.3. The van der Waals surface area contributed by atoms with Crippen LogP contribution in [0.25, 0.3) is 76.6 Å². The molecule has 0 aliphatic heterocycles. The van der Waals surface area contributed by atoms with Crippen LogP contribution in [0.3, 0.4) is 0 Å². The van der Waals surface area contributed by atoms with E-state index in [-0.39, 0.29) is 0 Å². The van der Waals surface area contributed by atoms with Crippen LogP contribution < -0.4 is 4.57 Å². The van der Waals surface area contributed by atoms with Crippen LogP contribution in [0.15, 0.2) is 120 Å². The number of furan rings is 1. The van der Waals surface area contributed by atoms with Gasteiger partial charge in [0.15, 0.2) is 6.20 Å². The third kappa shape index (κ3) is 3.35. The number of pyridine rings is 1. The molecule has 6 aromatic carbocycles. The highest BCUT2D eigenvalue weighted by Crippen LogP contribution is 2.45. The maximum Gasteiger partial charge on any atom is 0.216 e. The first-order chi connectivity index (χ1) is 20.1. The number of hydrogen-bond donors (Lipinski definition) is 0. The van der Waals surface area contributed by atoms with E-state index in [4.69, 9.17) is 4.42 Å². The zero-order valence-electron chi connectivity index (χ0n) is 22.8. The zero-order valence-corrected chi connectivity index (χ0v) is 22.8. The van der Waals surface area contributed by atoms with Crippen LogP contribution >= 0.6 is 0 Å². The van der Waals surface area contributed by atoms with Gasteiger partial charge in [-0.1, -0.05) is 72.8 Å². The van der Waals surface area contributed by atoms with E-state index in [0.717, 1.165) is 60.7 Å². The van der Waals surface area contributed by atoms with Gasteiger partial charge in [-0.25, -0.2) is 4.57 Å².